The molecule has 0 aromatic carbocycles. The van der Waals surface area contributed by atoms with Gasteiger partial charge < -0.3 is 34.3 Å². The average Bonchev–Trinajstić information content (AvgIpc) is 2.94. The van der Waals surface area contributed by atoms with E-state index < -0.39 is 48.4 Å². The summed E-state index contributed by atoms with van der Waals surface area (Å²) in [4.78, 5) is 23.0. The number of esters is 1. The Hall–Kier alpha value is -1.06. The number of ether oxygens (including phenoxy) is 3. The molecule has 2 aliphatic carbocycles. The number of hydrogen-bond donors (Lipinski definition) is 3. The summed E-state index contributed by atoms with van der Waals surface area (Å²) in [5.41, 5.74) is 0. The fourth-order valence-corrected chi connectivity index (χ4v) is 3.91. The Morgan fingerprint density at radius 1 is 0.960 bits per heavy atom. The molecule has 0 radical (unpaired) electrons. The van der Waals surface area contributed by atoms with E-state index >= 15 is 0 Å². The van der Waals surface area contributed by atoms with Gasteiger partial charge in [0.2, 0.25) is 0 Å². The lowest BCUT2D eigenvalue weighted by Crippen LogP contribution is -2.63. The maximum Gasteiger partial charge on any atom is 0.306 e. The summed E-state index contributed by atoms with van der Waals surface area (Å²) >= 11 is 0. The van der Waals surface area contributed by atoms with Crippen LogP contribution in [0.5, 0.6) is 0 Å². The van der Waals surface area contributed by atoms with Crippen molar-refractivity contribution in [1.82, 2.24) is 0 Å². The summed E-state index contributed by atoms with van der Waals surface area (Å²) in [7, 11) is 0. The molecule has 3 aliphatic rings. The first-order chi connectivity index (χ1) is 11.8. The van der Waals surface area contributed by atoms with Gasteiger partial charge in [-0.05, 0) is 19.8 Å². The van der Waals surface area contributed by atoms with Gasteiger partial charge in [0.15, 0.2) is 11.9 Å². The maximum absolute atomic E-state index is 12.0. The molecule has 142 valence electrons. The van der Waals surface area contributed by atoms with Gasteiger partial charge >= 0.3 is 5.97 Å². The highest BCUT2D eigenvalue weighted by Gasteiger charge is 2.61. The van der Waals surface area contributed by atoms with Gasteiger partial charge in [-0.15, -0.1) is 0 Å². The highest BCUT2D eigenvalue weighted by Crippen LogP contribution is 2.45. The number of carbonyl (C=O) groups excluding carboxylic acids is 2. The number of carbonyl (C=O) groups is 2. The first-order valence-corrected chi connectivity index (χ1v) is 8.92. The van der Waals surface area contributed by atoms with Crippen molar-refractivity contribution in [1.29, 1.82) is 0 Å². The van der Waals surface area contributed by atoms with E-state index in [1.165, 1.54) is 6.92 Å². The van der Waals surface area contributed by atoms with Gasteiger partial charge in [0.1, 0.15) is 36.3 Å². The molecular formula is C17H26O8. The number of Topliss-reactive ketones (excluding diaryl/α,β-unsaturated/α-hetero) is 1. The van der Waals surface area contributed by atoms with Crippen LogP contribution in [0.25, 0.3) is 0 Å². The van der Waals surface area contributed by atoms with Crippen molar-refractivity contribution in [2.24, 2.45) is 0 Å². The van der Waals surface area contributed by atoms with Crippen molar-refractivity contribution in [2.75, 3.05) is 0 Å². The lowest BCUT2D eigenvalue weighted by molar-refractivity contribution is -0.212. The van der Waals surface area contributed by atoms with Crippen molar-refractivity contribution in [3.8, 4) is 0 Å². The molecule has 6 atom stereocenters. The van der Waals surface area contributed by atoms with E-state index in [4.69, 9.17) is 14.2 Å². The SMILES string of the molecule is CC(=O)CCC(=O)O[C@@H]1[C@@H](O)[C@H](O)[C@@H](O)[C@H]2OC3(CCCCC3)O[C@H]21. The molecule has 3 N–H and O–H groups in total. The molecule has 0 aromatic rings. The molecule has 0 aromatic heterocycles. The first-order valence-electron chi connectivity index (χ1n) is 8.92. The van der Waals surface area contributed by atoms with Gasteiger partial charge in [-0.1, -0.05) is 6.42 Å². The predicted octanol–water partition coefficient (Wildman–Crippen LogP) is -0.192. The smallest absolute Gasteiger partial charge is 0.306 e. The summed E-state index contributed by atoms with van der Waals surface area (Å²) in [5.74, 6) is -1.66. The molecule has 1 spiro atoms. The Bertz CT molecular complexity index is 515. The molecule has 8 nitrogen and oxygen atoms in total. The lowest BCUT2D eigenvalue weighted by atomic mass is 9.85. The summed E-state index contributed by atoms with van der Waals surface area (Å²) in [5, 5.41) is 30.6. The van der Waals surface area contributed by atoms with Crippen LogP contribution in [0.15, 0.2) is 0 Å². The lowest BCUT2D eigenvalue weighted by Gasteiger charge is -2.40. The molecule has 1 aliphatic heterocycles. The second-order valence-corrected chi connectivity index (χ2v) is 7.26. The normalized spacial score (nSPS) is 39.8. The van der Waals surface area contributed by atoms with Crippen LogP contribution in [0.1, 0.15) is 51.9 Å². The van der Waals surface area contributed by atoms with Gasteiger partial charge in [0, 0.05) is 19.3 Å². The Morgan fingerprint density at radius 2 is 1.60 bits per heavy atom. The van der Waals surface area contributed by atoms with Crippen LogP contribution in [-0.2, 0) is 23.8 Å². The van der Waals surface area contributed by atoms with Crippen molar-refractivity contribution in [2.45, 2.75) is 94.3 Å². The van der Waals surface area contributed by atoms with Crippen LogP contribution < -0.4 is 0 Å². The van der Waals surface area contributed by atoms with E-state index in [2.05, 4.69) is 0 Å². The number of hydrogen-bond acceptors (Lipinski definition) is 8. The molecule has 1 saturated heterocycles. The highest BCUT2D eigenvalue weighted by atomic mass is 16.8. The third kappa shape index (κ3) is 3.73. The minimum Gasteiger partial charge on any atom is -0.457 e. The Kier molecular flexibility index (Phi) is 5.45. The fraction of sp³-hybridized carbons (Fsp3) is 0.882. The van der Waals surface area contributed by atoms with E-state index in [0.717, 1.165) is 19.3 Å². The van der Waals surface area contributed by atoms with Crippen molar-refractivity contribution in [3.63, 3.8) is 0 Å². The minimum absolute atomic E-state index is 0.0439. The first kappa shape index (κ1) is 18.7. The van der Waals surface area contributed by atoms with Crippen LogP contribution >= 0.6 is 0 Å². The van der Waals surface area contributed by atoms with Gasteiger partial charge in [0.05, 0.1) is 6.42 Å². The standard InChI is InChI=1S/C17H26O8/c1-9(18)5-6-10(19)23-14-12(21)11(20)13(22)15-16(14)25-17(24-15)7-3-2-4-8-17/h11-16,20-22H,2-8H2,1H3/t11-,12-,13+,14+,15+,16-/m0/s1. The molecule has 0 unspecified atom stereocenters. The van der Waals surface area contributed by atoms with Gasteiger partial charge in [0.25, 0.3) is 0 Å². The summed E-state index contributed by atoms with van der Waals surface area (Å²) in [6, 6.07) is 0. The summed E-state index contributed by atoms with van der Waals surface area (Å²) < 4.78 is 17.3. The van der Waals surface area contributed by atoms with Crippen LogP contribution in [0, 0.1) is 0 Å². The number of aliphatic hydroxyl groups is 3. The van der Waals surface area contributed by atoms with E-state index in [9.17, 15) is 24.9 Å². The number of fused-ring (bicyclic) bond motifs is 1. The Labute approximate surface area is 146 Å². The van der Waals surface area contributed by atoms with E-state index in [1.807, 2.05) is 0 Å². The molecule has 8 heteroatoms. The third-order valence-corrected chi connectivity index (χ3v) is 5.29. The monoisotopic (exact) mass is 358 g/mol. The van der Waals surface area contributed by atoms with Gasteiger partial charge in [-0.2, -0.15) is 0 Å². The maximum atomic E-state index is 12.0. The Balaban J connectivity index is 1.74. The number of aliphatic hydroxyl groups excluding tert-OH is 3. The molecule has 3 fully saturated rings. The zero-order valence-corrected chi connectivity index (χ0v) is 14.3. The van der Waals surface area contributed by atoms with E-state index in [0.29, 0.717) is 12.8 Å². The second kappa shape index (κ2) is 7.28. The zero-order chi connectivity index (χ0) is 18.2. The van der Waals surface area contributed by atoms with E-state index in [-0.39, 0.29) is 18.6 Å². The van der Waals surface area contributed by atoms with Crippen molar-refractivity contribution >= 4 is 11.8 Å². The molecule has 0 amide bonds. The van der Waals surface area contributed by atoms with Gasteiger partial charge in [-0.3, -0.25) is 4.79 Å². The predicted molar refractivity (Wildman–Crippen MR) is 83.4 cm³/mol. The summed E-state index contributed by atoms with van der Waals surface area (Å²) in [6.45, 7) is 1.37. The van der Waals surface area contributed by atoms with E-state index in [1.54, 1.807) is 0 Å². The van der Waals surface area contributed by atoms with Crippen LogP contribution in [-0.4, -0.2) is 69.5 Å². The van der Waals surface area contributed by atoms with Crippen molar-refractivity contribution < 1.29 is 39.1 Å². The molecule has 1 heterocycles. The highest BCUT2D eigenvalue weighted by molar-refractivity contribution is 5.81. The average molecular weight is 358 g/mol. The number of rotatable bonds is 4. The molecule has 0 bridgehead atoms. The largest absolute Gasteiger partial charge is 0.457 e. The fourth-order valence-electron chi connectivity index (χ4n) is 3.91. The quantitative estimate of drug-likeness (QED) is 0.591. The van der Waals surface area contributed by atoms with Crippen LogP contribution in [0.2, 0.25) is 0 Å². The zero-order valence-electron chi connectivity index (χ0n) is 14.3. The topological polar surface area (TPSA) is 123 Å². The summed E-state index contributed by atoms with van der Waals surface area (Å²) in [6.07, 6.45) is -3.04. The third-order valence-electron chi connectivity index (χ3n) is 5.29. The second-order valence-electron chi connectivity index (χ2n) is 7.26. The van der Waals surface area contributed by atoms with Crippen molar-refractivity contribution in [3.05, 3.63) is 0 Å². The molecule has 2 saturated carbocycles. The van der Waals surface area contributed by atoms with Gasteiger partial charge in [-0.25, -0.2) is 0 Å². The molecular weight excluding hydrogens is 332 g/mol. The Morgan fingerprint density at radius 3 is 2.24 bits per heavy atom. The van der Waals surface area contributed by atoms with Crippen LogP contribution in [0.3, 0.4) is 0 Å². The molecule has 25 heavy (non-hydrogen) atoms. The number of ketones is 1. The molecule has 3 rings (SSSR count). The minimum atomic E-state index is -1.51. The van der Waals surface area contributed by atoms with Crippen LogP contribution in [0.4, 0.5) is 0 Å².